The molecule has 3 rings (SSSR count). The fourth-order valence-electron chi connectivity index (χ4n) is 2.55. The molecule has 0 aliphatic carbocycles. The van der Waals surface area contributed by atoms with Crippen molar-refractivity contribution in [1.29, 1.82) is 0 Å². The summed E-state index contributed by atoms with van der Waals surface area (Å²) >= 11 is 3.36. The SMILES string of the molecule is O=C(N/N=C/c1ccc(Br)cc1)C1CC(=O)N(c2ccccc2)C1. The van der Waals surface area contributed by atoms with E-state index < -0.39 is 0 Å². The molecule has 1 atom stereocenters. The van der Waals surface area contributed by atoms with Gasteiger partial charge in [0.15, 0.2) is 0 Å². The highest BCUT2D eigenvalue weighted by atomic mass is 79.9. The van der Waals surface area contributed by atoms with Gasteiger partial charge in [-0.1, -0.05) is 46.3 Å². The van der Waals surface area contributed by atoms with Gasteiger partial charge in [0.2, 0.25) is 11.8 Å². The van der Waals surface area contributed by atoms with E-state index in [-0.39, 0.29) is 24.2 Å². The fraction of sp³-hybridized carbons (Fsp3) is 0.167. The third kappa shape index (κ3) is 3.89. The first kappa shape index (κ1) is 16.4. The first-order valence-electron chi connectivity index (χ1n) is 7.57. The van der Waals surface area contributed by atoms with Gasteiger partial charge < -0.3 is 4.90 Å². The van der Waals surface area contributed by atoms with Crippen LogP contribution >= 0.6 is 15.9 Å². The van der Waals surface area contributed by atoms with Crippen molar-refractivity contribution in [1.82, 2.24) is 5.43 Å². The van der Waals surface area contributed by atoms with E-state index in [1.54, 1.807) is 11.1 Å². The van der Waals surface area contributed by atoms with Crippen LogP contribution in [0.5, 0.6) is 0 Å². The molecule has 1 aliphatic rings. The van der Waals surface area contributed by atoms with Gasteiger partial charge >= 0.3 is 0 Å². The summed E-state index contributed by atoms with van der Waals surface area (Å²) in [5, 5.41) is 3.97. The van der Waals surface area contributed by atoms with Crippen molar-refractivity contribution in [3.05, 3.63) is 64.6 Å². The van der Waals surface area contributed by atoms with Crippen LogP contribution in [0.25, 0.3) is 0 Å². The Labute approximate surface area is 148 Å². The molecule has 2 amide bonds. The average Bonchev–Trinajstić information content (AvgIpc) is 2.99. The van der Waals surface area contributed by atoms with Crippen molar-refractivity contribution in [2.75, 3.05) is 11.4 Å². The zero-order chi connectivity index (χ0) is 16.9. The fourth-order valence-corrected chi connectivity index (χ4v) is 2.82. The molecule has 1 aliphatic heterocycles. The zero-order valence-electron chi connectivity index (χ0n) is 12.9. The summed E-state index contributed by atoms with van der Waals surface area (Å²) in [7, 11) is 0. The van der Waals surface area contributed by atoms with Gasteiger partial charge in [-0.15, -0.1) is 0 Å². The molecule has 2 aromatic rings. The Morgan fingerprint density at radius 1 is 1.17 bits per heavy atom. The van der Waals surface area contributed by atoms with E-state index in [1.807, 2.05) is 54.6 Å². The monoisotopic (exact) mass is 385 g/mol. The number of para-hydroxylation sites is 1. The number of hydrazone groups is 1. The van der Waals surface area contributed by atoms with Gasteiger partial charge in [0.25, 0.3) is 0 Å². The van der Waals surface area contributed by atoms with Crippen LogP contribution in [0.1, 0.15) is 12.0 Å². The van der Waals surface area contributed by atoms with Crippen molar-refractivity contribution in [2.24, 2.45) is 11.0 Å². The second kappa shape index (κ2) is 7.40. The second-order valence-electron chi connectivity index (χ2n) is 5.53. The lowest BCUT2D eigenvalue weighted by Gasteiger charge is -2.16. The minimum Gasteiger partial charge on any atom is -0.312 e. The maximum Gasteiger partial charge on any atom is 0.245 e. The Hall–Kier alpha value is -2.47. The molecular weight excluding hydrogens is 370 g/mol. The van der Waals surface area contributed by atoms with Gasteiger partial charge in [0.1, 0.15) is 0 Å². The van der Waals surface area contributed by atoms with E-state index in [0.29, 0.717) is 6.54 Å². The maximum atomic E-state index is 12.2. The van der Waals surface area contributed by atoms with E-state index in [2.05, 4.69) is 26.5 Å². The molecule has 1 unspecified atom stereocenters. The van der Waals surface area contributed by atoms with E-state index in [9.17, 15) is 9.59 Å². The van der Waals surface area contributed by atoms with Crippen molar-refractivity contribution in [3.8, 4) is 0 Å². The van der Waals surface area contributed by atoms with Crippen molar-refractivity contribution >= 4 is 39.6 Å². The molecule has 122 valence electrons. The molecule has 5 nitrogen and oxygen atoms in total. The molecule has 1 heterocycles. The lowest BCUT2D eigenvalue weighted by Crippen LogP contribution is -2.30. The topological polar surface area (TPSA) is 61.8 Å². The largest absolute Gasteiger partial charge is 0.312 e. The molecule has 0 saturated carbocycles. The predicted molar refractivity (Wildman–Crippen MR) is 96.8 cm³/mol. The Morgan fingerprint density at radius 3 is 2.58 bits per heavy atom. The Morgan fingerprint density at radius 2 is 1.88 bits per heavy atom. The van der Waals surface area contributed by atoms with E-state index in [0.717, 1.165) is 15.7 Å². The maximum absolute atomic E-state index is 12.2. The summed E-state index contributed by atoms with van der Waals surface area (Å²) in [5.74, 6) is -0.673. The number of nitrogens with one attached hydrogen (secondary N) is 1. The molecule has 1 saturated heterocycles. The minimum atomic E-state index is -0.389. The number of benzene rings is 2. The number of hydrogen-bond donors (Lipinski definition) is 1. The molecule has 1 fully saturated rings. The average molecular weight is 386 g/mol. The highest BCUT2D eigenvalue weighted by Crippen LogP contribution is 2.24. The van der Waals surface area contributed by atoms with Crippen LogP contribution in [0.4, 0.5) is 5.69 Å². The van der Waals surface area contributed by atoms with Gasteiger partial charge in [-0.05, 0) is 29.8 Å². The van der Waals surface area contributed by atoms with Crippen LogP contribution in [-0.4, -0.2) is 24.6 Å². The van der Waals surface area contributed by atoms with E-state index >= 15 is 0 Å². The van der Waals surface area contributed by atoms with E-state index in [4.69, 9.17) is 0 Å². The molecule has 0 bridgehead atoms. The molecule has 2 aromatic carbocycles. The van der Waals surface area contributed by atoms with Gasteiger partial charge in [-0.25, -0.2) is 5.43 Å². The number of anilines is 1. The summed E-state index contributed by atoms with van der Waals surface area (Å²) in [6.45, 7) is 0.377. The standard InChI is InChI=1S/C18H16BrN3O2/c19-15-8-6-13(7-9-15)11-20-21-18(24)14-10-17(23)22(12-14)16-4-2-1-3-5-16/h1-9,11,14H,10,12H2,(H,21,24)/b20-11+. The number of halogens is 1. The number of rotatable bonds is 4. The van der Waals surface area contributed by atoms with Crippen molar-refractivity contribution < 1.29 is 9.59 Å². The number of nitrogens with zero attached hydrogens (tertiary/aromatic N) is 2. The summed E-state index contributed by atoms with van der Waals surface area (Å²) in [5.41, 5.74) is 4.22. The second-order valence-corrected chi connectivity index (χ2v) is 6.44. The number of amides is 2. The highest BCUT2D eigenvalue weighted by Gasteiger charge is 2.34. The van der Waals surface area contributed by atoms with Crippen LogP contribution in [0, 0.1) is 5.92 Å². The minimum absolute atomic E-state index is 0.0433. The summed E-state index contributed by atoms with van der Waals surface area (Å²) in [6.07, 6.45) is 1.78. The summed E-state index contributed by atoms with van der Waals surface area (Å²) in [6, 6.07) is 16.9. The molecule has 0 aromatic heterocycles. The number of hydrogen-bond acceptors (Lipinski definition) is 3. The zero-order valence-corrected chi connectivity index (χ0v) is 14.4. The third-order valence-corrected chi connectivity index (χ3v) is 4.35. The smallest absolute Gasteiger partial charge is 0.245 e. The molecule has 0 radical (unpaired) electrons. The quantitative estimate of drug-likeness (QED) is 0.649. The van der Waals surface area contributed by atoms with Gasteiger partial charge in [0, 0.05) is 23.1 Å². The normalized spacial score (nSPS) is 17.5. The highest BCUT2D eigenvalue weighted by molar-refractivity contribution is 9.10. The summed E-state index contributed by atoms with van der Waals surface area (Å²) in [4.78, 5) is 26.0. The van der Waals surface area contributed by atoms with Crippen molar-refractivity contribution in [2.45, 2.75) is 6.42 Å². The van der Waals surface area contributed by atoms with Crippen LogP contribution in [-0.2, 0) is 9.59 Å². The lowest BCUT2D eigenvalue weighted by atomic mass is 10.1. The predicted octanol–water partition coefficient (Wildman–Crippen LogP) is 2.95. The van der Waals surface area contributed by atoms with E-state index in [1.165, 1.54) is 0 Å². The lowest BCUT2D eigenvalue weighted by molar-refractivity contribution is -0.126. The van der Waals surface area contributed by atoms with Crippen molar-refractivity contribution in [3.63, 3.8) is 0 Å². The third-order valence-electron chi connectivity index (χ3n) is 3.82. The number of carbonyl (C=O) groups excluding carboxylic acids is 2. The Bertz CT molecular complexity index is 760. The van der Waals surface area contributed by atoms with Gasteiger partial charge in [-0.3, -0.25) is 9.59 Å². The molecule has 24 heavy (non-hydrogen) atoms. The van der Waals surface area contributed by atoms with Gasteiger partial charge in [0.05, 0.1) is 12.1 Å². The Kier molecular flexibility index (Phi) is 5.05. The molecule has 1 N–H and O–H groups in total. The van der Waals surface area contributed by atoms with Crippen LogP contribution < -0.4 is 10.3 Å². The van der Waals surface area contributed by atoms with Gasteiger partial charge in [-0.2, -0.15) is 5.10 Å². The van der Waals surface area contributed by atoms with Crippen LogP contribution in [0.3, 0.4) is 0 Å². The first-order chi connectivity index (χ1) is 11.6. The molecular formula is C18H16BrN3O2. The number of carbonyl (C=O) groups is 2. The Balaban J connectivity index is 1.58. The van der Waals surface area contributed by atoms with Crippen LogP contribution in [0.2, 0.25) is 0 Å². The summed E-state index contributed by atoms with van der Waals surface area (Å²) < 4.78 is 0.981. The van der Waals surface area contributed by atoms with Crippen LogP contribution in [0.15, 0.2) is 64.2 Å². The first-order valence-corrected chi connectivity index (χ1v) is 8.36. The molecule has 6 heteroatoms. The molecule has 0 spiro atoms.